The number of nitrogens with zero attached hydrogens (tertiary/aromatic N) is 1. The molecule has 0 radical (unpaired) electrons. The van der Waals surface area contributed by atoms with Gasteiger partial charge in [0.2, 0.25) is 11.8 Å². The maximum Gasteiger partial charge on any atom is 0.242 e. The van der Waals surface area contributed by atoms with Crippen LogP contribution in [0.25, 0.3) is 0 Å². The van der Waals surface area contributed by atoms with E-state index in [1.54, 1.807) is 37.3 Å². The highest BCUT2D eigenvalue weighted by Gasteiger charge is 2.28. The lowest BCUT2D eigenvalue weighted by Crippen LogP contribution is -2.50. The summed E-state index contributed by atoms with van der Waals surface area (Å²) in [6, 6.07) is 9.88. The average molecular weight is 536 g/mol. The third-order valence-corrected chi connectivity index (χ3v) is 7.47. The fourth-order valence-electron chi connectivity index (χ4n) is 2.87. The molecule has 0 aliphatic carbocycles. The van der Waals surface area contributed by atoms with Crippen molar-refractivity contribution in [1.82, 2.24) is 10.2 Å². The van der Waals surface area contributed by atoms with Crippen molar-refractivity contribution in [2.75, 3.05) is 5.75 Å². The van der Waals surface area contributed by atoms with Gasteiger partial charge in [0.15, 0.2) is 0 Å². The van der Waals surface area contributed by atoms with E-state index in [9.17, 15) is 9.59 Å². The second-order valence-corrected chi connectivity index (χ2v) is 10.1. The largest absolute Gasteiger partial charge is 0.352 e. The summed E-state index contributed by atoms with van der Waals surface area (Å²) >= 11 is 26.1. The smallest absolute Gasteiger partial charge is 0.242 e. The summed E-state index contributed by atoms with van der Waals surface area (Å²) in [4.78, 5) is 27.5. The van der Waals surface area contributed by atoms with Crippen molar-refractivity contribution in [3.63, 3.8) is 0 Å². The molecule has 0 heterocycles. The first-order valence-corrected chi connectivity index (χ1v) is 12.8. The Morgan fingerprint density at radius 3 is 2.25 bits per heavy atom. The summed E-state index contributed by atoms with van der Waals surface area (Å²) in [6.07, 6.45) is 0.794. The molecule has 0 saturated heterocycles. The molecule has 2 rings (SSSR count). The molecule has 0 saturated carbocycles. The van der Waals surface area contributed by atoms with E-state index < -0.39 is 6.04 Å². The van der Waals surface area contributed by atoms with E-state index in [0.717, 1.165) is 12.0 Å². The molecule has 0 aliphatic heterocycles. The van der Waals surface area contributed by atoms with Crippen molar-refractivity contribution in [1.29, 1.82) is 0 Å². The van der Waals surface area contributed by atoms with Crippen molar-refractivity contribution >= 4 is 70.0 Å². The predicted octanol–water partition coefficient (Wildman–Crippen LogP) is 6.87. The number of hydrogen-bond donors (Lipinski definition) is 1. The first-order valence-electron chi connectivity index (χ1n) is 10.2. The number of carbonyl (C=O) groups excluding carboxylic acids is 2. The maximum absolute atomic E-state index is 13.2. The molecule has 0 bridgehead atoms. The maximum atomic E-state index is 13.2. The van der Waals surface area contributed by atoms with Crippen LogP contribution < -0.4 is 5.32 Å². The Hall–Kier alpha value is -1.11. The van der Waals surface area contributed by atoms with Crippen LogP contribution in [0.5, 0.6) is 0 Å². The van der Waals surface area contributed by atoms with Gasteiger partial charge in [-0.3, -0.25) is 9.59 Å². The van der Waals surface area contributed by atoms with Gasteiger partial charge < -0.3 is 10.2 Å². The van der Waals surface area contributed by atoms with Crippen molar-refractivity contribution in [2.24, 2.45) is 0 Å². The lowest BCUT2D eigenvalue weighted by molar-refractivity contribution is -0.138. The molecule has 0 spiro atoms. The van der Waals surface area contributed by atoms with Crippen LogP contribution in [0.2, 0.25) is 20.1 Å². The Morgan fingerprint density at radius 2 is 1.66 bits per heavy atom. The summed E-state index contributed by atoms with van der Waals surface area (Å²) in [7, 11) is 0. The number of hydrogen-bond acceptors (Lipinski definition) is 3. The van der Waals surface area contributed by atoms with Gasteiger partial charge in [-0.25, -0.2) is 0 Å². The number of thioether (sulfide) groups is 1. The number of amides is 2. The monoisotopic (exact) mass is 534 g/mol. The van der Waals surface area contributed by atoms with Gasteiger partial charge in [0, 0.05) is 33.9 Å². The molecule has 0 unspecified atom stereocenters. The average Bonchev–Trinajstić information content (AvgIpc) is 2.75. The number of rotatable bonds is 10. The molecule has 9 heteroatoms. The molecule has 2 amide bonds. The Kier molecular flexibility index (Phi) is 11.0. The van der Waals surface area contributed by atoms with Gasteiger partial charge in [-0.1, -0.05) is 65.5 Å². The van der Waals surface area contributed by atoms with E-state index in [1.165, 1.54) is 16.7 Å². The lowest BCUT2D eigenvalue weighted by Gasteiger charge is -2.30. The molecule has 0 fully saturated rings. The van der Waals surface area contributed by atoms with Gasteiger partial charge in [-0.15, -0.1) is 11.8 Å². The minimum Gasteiger partial charge on any atom is -0.352 e. The first-order chi connectivity index (χ1) is 15.1. The van der Waals surface area contributed by atoms with Gasteiger partial charge >= 0.3 is 0 Å². The van der Waals surface area contributed by atoms with Gasteiger partial charge in [0.05, 0.1) is 15.8 Å². The van der Waals surface area contributed by atoms with E-state index in [-0.39, 0.29) is 30.2 Å². The third-order valence-electron chi connectivity index (χ3n) is 5.04. The predicted molar refractivity (Wildman–Crippen MR) is 137 cm³/mol. The second kappa shape index (κ2) is 13.0. The van der Waals surface area contributed by atoms with Crippen LogP contribution in [0.4, 0.5) is 0 Å². The van der Waals surface area contributed by atoms with Crippen LogP contribution >= 0.6 is 58.2 Å². The van der Waals surface area contributed by atoms with Crippen LogP contribution in [0.1, 0.15) is 38.3 Å². The van der Waals surface area contributed by atoms with Crippen LogP contribution in [0.3, 0.4) is 0 Å². The third kappa shape index (κ3) is 7.74. The Labute approximate surface area is 213 Å². The van der Waals surface area contributed by atoms with Crippen molar-refractivity contribution in [3.8, 4) is 0 Å². The normalized spacial score (nSPS) is 12.8. The van der Waals surface area contributed by atoms with Gasteiger partial charge in [0.25, 0.3) is 0 Å². The molecule has 0 aromatic heterocycles. The zero-order chi connectivity index (χ0) is 23.8. The van der Waals surface area contributed by atoms with Crippen LogP contribution in [0.15, 0.2) is 36.4 Å². The summed E-state index contributed by atoms with van der Waals surface area (Å²) in [6.45, 7) is 5.76. The SMILES string of the molecule is CC[C@H](C)NC(=O)[C@H](C)N(Cc1c(Cl)cccc1Cl)C(=O)CSCc1ccc(Cl)c(Cl)c1. The fraction of sp³-hybridized carbons (Fsp3) is 0.391. The molecule has 4 nitrogen and oxygen atoms in total. The minimum atomic E-state index is -0.686. The zero-order valence-electron chi connectivity index (χ0n) is 18.1. The van der Waals surface area contributed by atoms with E-state index in [4.69, 9.17) is 46.4 Å². The summed E-state index contributed by atoms with van der Waals surface area (Å²) in [5, 5.41) is 4.80. The Balaban J connectivity index is 2.15. The molecule has 2 aromatic carbocycles. The van der Waals surface area contributed by atoms with Crippen molar-refractivity contribution in [2.45, 2.75) is 51.6 Å². The number of halogens is 4. The zero-order valence-corrected chi connectivity index (χ0v) is 22.0. The fourth-order valence-corrected chi connectivity index (χ4v) is 4.57. The number of benzene rings is 2. The Bertz CT molecular complexity index is 937. The lowest BCUT2D eigenvalue weighted by atomic mass is 10.1. The van der Waals surface area contributed by atoms with E-state index in [2.05, 4.69) is 5.32 Å². The number of carbonyl (C=O) groups is 2. The molecule has 2 atom stereocenters. The molecule has 1 N–H and O–H groups in total. The van der Waals surface area contributed by atoms with E-state index >= 15 is 0 Å². The van der Waals surface area contributed by atoms with Crippen molar-refractivity contribution < 1.29 is 9.59 Å². The molecule has 174 valence electrons. The van der Waals surface area contributed by atoms with Crippen LogP contribution in [-0.4, -0.2) is 34.6 Å². The van der Waals surface area contributed by atoms with E-state index in [0.29, 0.717) is 31.4 Å². The standard InChI is InChI=1S/C23H26Cl4N2O2S/c1-4-14(2)28-23(31)15(3)29(11-17-18(24)6-5-7-19(17)25)22(30)13-32-12-16-8-9-20(26)21(27)10-16/h5-10,14-15H,4,11-13H2,1-3H3,(H,28,31)/t14-,15-/m0/s1. The van der Waals surface area contributed by atoms with Gasteiger partial charge in [-0.05, 0) is 50.1 Å². The highest BCUT2D eigenvalue weighted by Crippen LogP contribution is 2.28. The summed E-state index contributed by atoms with van der Waals surface area (Å²) in [5.41, 5.74) is 1.57. The molecule has 0 aliphatic rings. The van der Waals surface area contributed by atoms with Gasteiger partial charge in [0.1, 0.15) is 6.04 Å². The molecule has 2 aromatic rings. The minimum absolute atomic E-state index is 0.00910. The summed E-state index contributed by atoms with van der Waals surface area (Å²) < 4.78 is 0. The van der Waals surface area contributed by atoms with Crippen LogP contribution in [0, 0.1) is 0 Å². The topological polar surface area (TPSA) is 49.4 Å². The molecular weight excluding hydrogens is 510 g/mol. The van der Waals surface area contributed by atoms with Crippen LogP contribution in [-0.2, 0) is 21.9 Å². The summed E-state index contributed by atoms with van der Waals surface area (Å²) in [5.74, 6) is 0.364. The Morgan fingerprint density at radius 1 is 1.00 bits per heavy atom. The highest BCUT2D eigenvalue weighted by molar-refractivity contribution is 7.99. The van der Waals surface area contributed by atoms with E-state index in [1.807, 2.05) is 19.9 Å². The highest BCUT2D eigenvalue weighted by atomic mass is 35.5. The quantitative estimate of drug-likeness (QED) is 0.361. The molecule has 32 heavy (non-hydrogen) atoms. The molecular formula is C23H26Cl4N2O2S. The second-order valence-electron chi connectivity index (χ2n) is 7.46. The van der Waals surface area contributed by atoms with Crippen molar-refractivity contribution in [3.05, 3.63) is 67.6 Å². The first kappa shape index (κ1) is 27.1. The number of nitrogens with one attached hydrogen (secondary N) is 1. The van der Waals surface area contributed by atoms with Gasteiger partial charge in [-0.2, -0.15) is 0 Å².